The zero-order chi connectivity index (χ0) is 9.42. The lowest BCUT2D eigenvalue weighted by Gasteiger charge is -1.91. The van der Waals surface area contributed by atoms with Crippen LogP contribution in [0, 0.1) is 0 Å². The van der Waals surface area contributed by atoms with Crippen LogP contribution in [0.2, 0.25) is 0 Å². The number of fused-ring (bicyclic) bond motifs is 1. The standard InChI is InChI=1S/C9H6O4/c10-4-5-2-1-3-6-7(5)8(11)9(12)13-6/h1-4,11-12H. The van der Waals surface area contributed by atoms with Crippen LogP contribution in [0.3, 0.4) is 0 Å². The molecule has 2 aromatic rings. The molecule has 4 nitrogen and oxygen atoms in total. The SMILES string of the molecule is O=Cc1cccc2oc(O)c(O)c12. The maximum absolute atomic E-state index is 10.5. The number of carbonyl (C=O) groups is 1. The van der Waals surface area contributed by atoms with E-state index in [1.807, 2.05) is 0 Å². The van der Waals surface area contributed by atoms with Gasteiger partial charge in [-0.15, -0.1) is 0 Å². The van der Waals surface area contributed by atoms with Crippen LogP contribution in [-0.2, 0) is 0 Å². The van der Waals surface area contributed by atoms with E-state index in [1.165, 1.54) is 6.07 Å². The molecule has 0 aliphatic heterocycles. The second kappa shape index (κ2) is 2.52. The highest BCUT2D eigenvalue weighted by molar-refractivity contribution is 6.00. The van der Waals surface area contributed by atoms with Gasteiger partial charge in [-0.1, -0.05) is 12.1 Å². The third-order valence-electron chi connectivity index (χ3n) is 1.83. The number of hydrogen-bond donors (Lipinski definition) is 2. The van der Waals surface area contributed by atoms with Crippen LogP contribution in [0.15, 0.2) is 22.6 Å². The quantitative estimate of drug-likeness (QED) is 0.651. The first-order valence-corrected chi connectivity index (χ1v) is 3.62. The highest BCUT2D eigenvalue weighted by Gasteiger charge is 2.14. The minimum atomic E-state index is -0.565. The molecular weight excluding hydrogens is 172 g/mol. The Morgan fingerprint density at radius 2 is 2.08 bits per heavy atom. The Kier molecular flexibility index (Phi) is 1.48. The first kappa shape index (κ1) is 7.67. The Morgan fingerprint density at radius 1 is 1.31 bits per heavy atom. The smallest absolute Gasteiger partial charge is 0.327 e. The van der Waals surface area contributed by atoms with E-state index in [1.54, 1.807) is 12.1 Å². The number of hydrogen-bond acceptors (Lipinski definition) is 4. The second-order valence-electron chi connectivity index (χ2n) is 2.59. The Morgan fingerprint density at radius 3 is 2.77 bits per heavy atom. The molecule has 0 fully saturated rings. The molecule has 2 N–H and O–H groups in total. The van der Waals surface area contributed by atoms with Crippen molar-refractivity contribution in [2.24, 2.45) is 0 Å². The predicted molar refractivity (Wildman–Crippen MR) is 44.9 cm³/mol. The van der Waals surface area contributed by atoms with Gasteiger partial charge in [0, 0.05) is 5.56 Å². The zero-order valence-electron chi connectivity index (χ0n) is 6.52. The normalized spacial score (nSPS) is 10.5. The third kappa shape index (κ3) is 0.955. The topological polar surface area (TPSA) is 70.7 Å². The molecule has 1 heterocycles. The summed E-state index contributed by atoms with van der Waals surface area (Å²) >= 11 is 0. The summed E-state index contributed by atoms with van der Waals surface area (Å²) in [5, 5.41) is 18.6. The van der Waals surface area contributed by atoms with Gasteiger partial charge in [0.1, 0.15) is 5.58 Å². The Labute approximate surface area is 73.0 Å². The lowest BCUT2D eigenvalue weighted by Crippen LogP contribution is -1.78. The molecule has 0 amide bonds. The van der Waals surface area contributed by atoms with Gasteiger partial charge in [0.05, 0.1) is 5.39 Å². The van der Waals surface area contributed by atoms with E-state index in [0.29, 0.717) is 17.4 Å². The van der Waals surface area contributed by atoms with Crippen LogP contribution in [0.1, 0.15) is 10.4 Å². The molecule has 0 atom stereocenters. The van der Waals surface area contributed by atoms with Gasteiger partial charge in [-0.3, -0.25) is 4.79 Å². The van der Waals surface area contributed by atoms with E-state index < -0.39 is 11.7 Å². The summed E-state index contributed by atoms with van der Waals surface area (Å²) in [4.78, 5) is 10.5. The van der Waals surface area contributed by atoms with E-state index in [9.17, 15) is 9.90 Å². The molecule has 2 rings (SSSR count). The lowest BCUT2D eigenvalue weighted by atomic mass is 10.1. The minimum absolute atomic E-state index is 0.245. The van der Waals surface area contributed by atoms with Crippen LogP contribution >= 0.6 is 0 Å². The molecule has 1 aromatic carbocycles. The first-order chi connectivity index (χ1) is 6.24. The van der Waals surface area contributed by atoms with Gasteiger partial charge in [0.25, 0.3) is 0 Å². The van der Waals surface area contributed by atoms with Crippen LogP contribution in [-0.4, -0.2) is 16.5 Å². The lowest BCUT2D eigenvalue weighted by molar-refractivity contribution is 0.112. The largest absolute Gasteiger partial charge is 0.501 e. The molecule has 0 aliphatic carbocycles. The van der Waals surface area contributed by atoms with E-state index in [0.717, 1.165) is 0 Å². The first-order valence-electron chi connectivity index (χ1n) is 3.62. The maximum atomic E-state index is 10.5. The molecule has 0 spiro atoms. The number of furan rings is 1. The molecule has 0 radical (unpaired) electrons. The van der Waals surface area contributed by atoms with Crippen molar-refractivity contribution in [2.75, 3.05) is 0 Å². The summed E-state index contributed by atoms with van der Waals surface area (Å²) in [5.41, 5.74) is 0.582. The molecular formula is C9H6O4. The highest BCUT2D eigenvalue weighted by atomic mass is 16.5. The van der Waals surface area contributed by atoms with Crippen molar-refractivity contribution >= 4 is 17.3 Å². The number of carbonyl (C=O) groups excluding carboxylic acids is 1. The fraction of sp³-hybridized carbons (Fsp3) is 0. The molecule has 1 aromatic heterocycles. The summed E-state index contributed by atoms with van der Waals surface area (Å²) in [6.07, 6.45) is 0.594. The molecule has 13 heavy (non-hydrogen) atoms. The van der Waals surface area contributed by atoms with Crippen LogP contribution in [0.5, 0.6) is 11.7 Å². The summed E-state index contributed by atoms with van der Waals surface area (Å²) in [7, 11) is 0. The molecule has 0 saturated heterocycles. The van der Waals surface area contributed by atoms with Crippen molar-refractivity contribution in [1.29, 1.82) is 0 Å². The average Bonchev–Trinajstić information content (AvgIpc) is 2.43. The van der Waals surface area contributed by atoms with Crippen molar-refractivity contribution < 1.29 is 19.4 Å². The highest BCUT2D eigenvalue weighted by Crippen LogP contribution is 2.38. The second-order valence-corrected chi connectivity index (χ2v) is 2.59. The average molecular weight is 178 g/mol. The van der Waals surface area contributed by atoms with E-state index in [4.69, 9.17) is 9.52 Å². The molecule has 0 saturated carbocycles. The van der Waals surface area contributed by atoms with Crippen LogP contribution in [0.4, 0.5) is 0 Å². The fourth-order valence-electron chi connectivity index (χ4n) is 1.24. The Balaban J connectivity index is 2.94. The third-order valence-corrected chi connectivity index (χ3v) is 1.83. The van der Waals surface area contributed by atoms with Crippen molar-refractivity contribution in [2.45, 2.75) is 0 Å². The van der Waals surface area contributed by atoms with Gasteiger partial charge >= 0.3 is 5.95 Å². The monoisotopic (exact) mass is 178 g/mol. The van der Waals surface area contributed by atoms with Gasteiger partial charge in [-0.25, -0.2) is 0 Å². The van der Waals surface area contributed by atoms with Crippen molar-refractivity contribution in [3.63, 3.8) is 0 Å². The van der Waals surface area contributed by atoms with E-state index in [2.05, 4.69) is 0 Å². The Hall–Kier alpha value is -1.97. The fourth-order valence-corrected chi connectivity index (χ4v) is 1.24. The zero-order valence-corrected chi connectivity index (χ0v) is 6.52. The molecule has 0 bridgehead atoms. The van der Waals surface area contributed by atoms with Crippen LogP contribution in [0.25, 0.3) is 11.0 Å². The van der Waals surface area contributed by atoms with Crippen LogP contribution < -0.4 is 0 Å². The van der Waals surface area contributed by atoms with Gasteiger partial charge in [-0.05, 0) is 6.07 Å². The van der Waals surface area contributed by atoms with Gasteiger partial charge in [0.15, 0.2) is 6.29 Å². The maximum Gasteiger partial charge on any atom is 0.327 e. The van der Waals surface area contributed by atoms with Gasteiger partial charge < -0.3 is 14.6 Å². The molecule has 4 heteroatoms. The van der Waals surface area contributed by atoms with Gasteiger partial charge in [0.2, 0.25) is 5.75 Å². The predicted octanol–water partition coefficient (Wildman–Crippen LogP) is 1.66. The molecule has 0 unspecified atom stereocenters. The summed E-state index contributed by atoms with van der Waals surface area (Å²) < 4.78 is 4.79. The van der Waals surface area contributed by atoms with E-state index >= 15 is 0 Å². The Bertz CT molecular complexity index is 470. The number of aromatic hydroxyl groups is 2. The summed E-state index contributed by atoms with van der Waals surface area (Å²) in [5.74, 6) is -0.956. The minimum Gasteiger partial charge on any atom is -0.501 e. The molecule has 0 aliphatic rings. The number of rotatable bonds is 1. The van der Waals surface area contributed by atoms with Gasteiger partial charge in [-0.2, -0.15) is 0 Å². The number of benzene rings is 1. The van der Waals surface area contributed by atoms with E-state index in [-0.39, 0.29) is 5.39 Å². The van der Waals surface area contributed by atoms with Crippen molar-refractivity contribution in [3.8, 4) is 11.7 Å². The summed E-state index contributed by atoms with van der Waals surface area (Å²) in [6, 6.07) is 4.69. The van der Waals surface area contributed by atoms with Crippen molar-refractivity contribution in [1.82, 2.24) is 0 Å². The number of aldehydes is 1. The molecule has 66 valence electrons. The van der Waals surface area contributed by atoms with Crippen molar-refractivity contribution in [3.05, 3.63) is 23.8 Å². The summed E-state index contributed by atoms with van der Waals surface area (Å²) in [6.45, 7) is 0.